The highest BCUT2D eigenvalue weighted by atomic mass is 16.5. The third-order valence-corrected chi connectivity index (χ3v) is 2.79. The van der Waals surface area contributed by atoms with E-state index in [2.05, 4.69) is 46.8 Å². The topological polar surface area (TPSA) is 18.5 Å². The molecule has 0 radical (unpaired) electrons. The van der Waals surface area contributed by atoms with Crippen LogP contribution < -0.4 is 4.74 Å². The van der Waals surface area contributed by atoms with E-state index in [0.29, 0.717) is 6.61 Å². The zero-order chi connectivity index (χ0) is 14.3. The number of benzene rings is 1. The molecular weight excluding hydrogens is 236 g/mol. The quantitative estimate of drug-likeness (QED) is 0.657. The molecule has 0 unspecified atom stereocenters. The molecule has 0 saturated heterocycles. The molecule has 0 amide bonds. The van der Waals surface area contributed by atoms with Crippen LogP contribution in [0.4, 0.5) is 0 Å². The number of ether oxygens (including phenoxy) is 2. The minimum Gasteiger partial charge on any atom is -0.494 e. The van der Waals surface area contributed by atoms with Crippen molar-refractivity contribution in [2.24, 2.45) is 5.92 Å². The van der Waals surface area contributed by atoms with Gasteiger partial charge in [0, 0.05) is 0 Å². The monoisotopic (exact) mass is 264 g/mol. The zero-order valence-electron chi connectivity index (χ0n) is 13.0. The second-order valence-electron chi connectivity index (χ2n) is 6.43. The van der Waals surface area contributed by atoms with Gasteiger partial charge in [-0.1, -0.05) is 26.0 Å². The second-order valence-corrected chi connectivity index (χ2v) is 6.43. The van der Waals surface area contributed by atoms with Crippen LogP contribution in [0.3, 0.4) is 0 Å². The van der Waals surface area contributed by atoms with Crippen molar-refractivity contribution >= 4 is 0 Å². The van der Waals surface area contributed by atoms with Crippen molar-refractivity contribution in [3.63, 3.8) is 0 Å². The lowest BCUT2D eigenvalue weighted by Crippen LogP contribution is -2.18. The lowest BCUT2D eigenvalue weighted by molar-refractivity contribution is -0.0149. The molecule has 0 atom stereocenters. The van der Waals surface area contributed by atoms with Crippen LogP contribution >= 0.6 is 0 Å². The maximum absolute atomic E-state index is 5.74. The van der Waals surface area contributed by atoms with Crippen molar-refractivity contribution in [2.75, 3.05) is 6.61 Å². The van der Waals surface area contributed by atoms with Gasteiger partial charge in [0.1, 0.15) is 5.75 Å². The SMILES string of the molecule is CC(C)CCCOc1ccc(COC(C)(C)C)cc1. The van der Waals surface area contributed by atoms with Gasteiger partial charge in [0.2, 0.25) is 0 Å². The third kappa shape index (κ3) is 7.89. The van der Waals surface area contributed by atoms with Gasteiger partial charge in [-0.15, -0.1) is 0 Å². The second kappa shape index (κ2) is 7.54. The lowest BCUT2D eigenvalue weighted by atomic mass is 10.1. The molecule has 0 N–H and O–H groups in total. The van der Waals surface area contributed by atoms with Crippen LogP contribution in [-0.2, 0) is 11.3 Å². The molecule has 0 aromatic heterocycles. The van der Waals surface area contributed by atoms with E-state index >= 15 is 0 Å². The Morgan fingerprint density at radius 1 is 1.05 bits per heavy atom. The van der Waals surface area contributed by atoms with Gasteiger partial charge in [-0.3, -0.25) is 0 Å². The standard InChI is InChI=1S/C17H28O2/c1-14(2)7-6-12-18-16-10-8-15(9-11-16)13-19-17(3,4)5/h8-11,14H,6-7,12-13H2,1-5H3. The predicted octanol–water partition coefficient (Wildman–Crippen LogP) is 4.82. The van der Waals surface area contributed by atoms with Gasteiger partial charge in [0.25, 0.3) is 0 Å². The molecule has 19 heavy (non-hydrogen) atoms. The van der Waals surface area contributed by atoms with Gasteiger partial charge in [-0.05, 0) is 57.2 Å². The highest BCUT2D eigenvalue weighted by Gasteiger charge is 2.09. The molecule has 0 aliphatic carbocycles. The fourth-order valence-corrected chi connectivity index (χ4v) is 1.66. The summed E-state index contributed by atoms with van der Waals surface area (Å²) in [5.41, 5.74) is 1.09. The number of hydrogen-bond acceptors (Lipinski definition) is 2. The molecule has 0 saturated carbocycles. The van der Waals surface area contributed by atoms with Crippen molar-refractivity contribution in [2.45, 2.75) is 59.7 Å². The first-order chi connectivity index (χ1) is 8.87. The van der Waals surface area contributed by atoms with E-state index in [9.17, 15) is 0 Å². The summed E-state index contributed by atoms with van der Waals surface area (Å²) in [4.78, 5) is 0. The van der Waals surface area contributed by atoms with E-state index < -0.39 is 0 Å². The molecule has 0 aliphatic heterocycles. The van der Waals surface area contributed by atoms with Crippen LogP contribution in [0.25, 0.3) is 0 Å². The summed E-state index contributed by atoms with van der Waals surface area (Å²) in [5, 5.41) is 0. The lowest BCUT2D eigenvalue weighted by Gasteiger charge is -2.19. The Hall–Kier alpha value is -1.02. The maximum Gasteiger partial charge on any atom is 0.119 e. The predicted molar refractivity (Wildman–Crippen MR) is 80.6 cm³/mol. The fourth-order valence-electron chi connectivity index (χ4n) is 1.66. The van der Waals surface area contributed by atoms with Gasteiger partial charge in [0.15, 0.2) is 0 Å². The Balaban J connectivity index is 2.31. The van der Waals surface area contributed by atoms with Crippen LogP contribution in [0.2, 0.25) is 0 Å². The highest BCUT2D eigenvalue weighted by molar-refractivity contribution is 5.26. The van der Waals surface area contributed by atoms with E-state index in [4.69, 9.17) is 9.47 Å². The molecule has 2 heteroatoms. The summed E-state index contributed by atoms with van der Waals surface area (Å²) >= 11 is 0. The summed E-state index contributed by atoms with van der Waals surface area (Å²) in [5.74, 6) is 1.70. The molecule has 0 heterocycles. The van der Waals surface area contributed by atoms with Crippen molar-refractivity contribution in [1.82, 2.24) is 0 Å². The molecule has 2 nitrogen and oxygen atoms in total. The van der Waals surface area contributed by atoms with Gasteiger partial charge >= 0.3 is 0 Å². The van der Waals surface area contributed by atoms with Crippen LogP contribution in [0.5, 0.6) is 5.75 Å². The van der Waals surface area contributed by atoms with Gasteiger partial charge in [0.05, 0.1) is 18.8 Å². The molecule has 1 aromatic rings. The fraction of sp³-hybridized carbons (Fsp3) is 0.647. The number of rotatable bonds is 7. The summed E-state index contributed by atoms with van der Waals surface area (Å²) in [6.45, 7) is 12.1. The van der Waals surface area contributed by atoms with E-state index in [1.807, 2.05) is 12.1 Å². The molecule has 0 spiro atoms. The molecule has 0 aliphatic rings. The van der Waals surface area contributed by atoms with E-state index in [1.165, 1.54) is 12.0 Å². The van der Waals surface area contributed by atoms with Crippen molar-refractivity contribution < 1.29 is 9.47 Å². The first-order valence-electron chi connectivity index (χ1n) is 7.22. The van der Waals surface area contributed by atoms with Crippen molar-refractivity contribution in [3.8, 4) is 5.75 Å². The molecule has 1 rings (SSSR count). The molecule has 1 aromatic carbocycles. The maximum atomic E-state index is 5.74. The van der Waals surface area contributed by atoms with Crippen LogP contribution in [0.1, 0.15) is 53.0 Å². The Morgan fingerprint density at radius 2 is 1.68 bits per heavy atom. The Bertz CT molecular complexity index is 347. The van der Waals surface area contributed by atoms with Crippen LogP contribution in [0, 0.1) is 5.92 Å². The Labute approximate surface area is 118 Å². The average Bonchev–Trinajstić information content (AvgIpc) is 2.32. The van der Waals surface area contributed by atoms with Gasteiger partial charge < -0.3 is 9.47 Å². The number of hydrogen-bond donors (Lipinski definition) is 0. The normalized spacial score (nSPS) is 11.9. The van der Waals surface area contributed by atoms with E-state index in [-0.39, 0.29) is 5.60 Å². The largest absolute Gasteiger partial charge is 0.494 e. The molecule has 108 valence electrons. The van der Waals surface area contributed by atoms with Crippen molar-refractivity contribution in [3.05, 3.63) is 29.8 Å². The molecule has 0 fully saturated rings. The summed E-state index contributed by atoms with van der Waals surface area (Å²) < 4.78 is 11.5. The Kier molecular flexibility index (Phi) is 6.36. The minimum atomic E-state index is -0.0913. The van der Waals surface area contributed by atoms with E-state index in [0.717, 1.165) is 24.7 Å². The summed E-state index contributed by atoms with van der Waals surface area (Å²) in [7, 11) is 0. The smallest absolute Gasteiger partial charge is 0.119 e. The van der Waals surface area contributed by atoms with E-state index in [1.54, 1.807) is 0 Å². The Morgan fingerprint density at radius 3 is 2.21 bits per heavy atom. The van der Waals surface area contributed by atoms with Crippen LogP contribution in [0.15, 0.2) is 24.3 Å². The first-order valence-corrected chi connectivity index (χ1v) is 7.22. The highest BCUT2D eigenvalue weighted by Crippen LogP contribution is 2.16. The van der Waals surface area contributed by atoms with Gasteiger partial charge in [-0.25, -0.2) is 0 Å². The van der Waals surface area contributed by atoms with Crippen molar-refractivity contribution in [1.29, 1.82) is 0 Å². The summed E-state index contributed by atoms with van der Waals surface area (Å²) in [6.07, 6.45) is 2.34. The molecular formula is C17H28O2. The molecule has 0 bridgehead atoms. The van der Waals surface area contributed by atoms with Crippen LogP contribution in [-0.4, -0.2) is 12.2 Å². The summed E-state index contributed by atoms with van der Waals surface area (Å²) in [6, 6.07) is 8.19. The minimum absolute atomic E-state index is 0.0913. The average molecular weight is 264 g/mol. The third-order valence-electron chi connectivity index (χ3n) is 2.79. The van der Waals surface area contributed by atoms with Gasteiger partial charge in [-0.2, -0.15) is 0 Å². The zero-order valence-corrected chi connectivity index (χ0v) is 13.0. The first kappa shape index (κ1) is 16.0.